The average molecular weight is 333 g/mol. The van der Waals surface area contributed by atoms with Gasteiger partial charge in [-0.1, -0.05) is 17.8 Å². The van der Waals surface area contributed by atoms with Gasteiger partial charge in [0.2, 0.25) is 0 Å². The number of aryl methyl sites for hydroxylation is 2. The molecule has 1 amide bonds. The van der Waals surface area contributed by atoms with Crippen LogP contribution in [0.5, 0.6) is 0 Å². The van der Waals surface area contributed by atoms with Gasteiger partial charge in [-0.15, -0.1) is 5.10 Å². The Hall–Kier alpha value is -1.76. The highest BCUT2D eigenvalue weighted by atomic mass is 32.1. The van der Waals surface area contributed by atoms with Gasteiger partial charge < -0.3 is 9.47 Å². The number of nitrogens with zero attached hydrogens (tertiary/aromatic N) is 5. The monoisotopic (exact) mass is 333 g/mol. The van der Waals surface area contributed by atoms with Gasteiger partial charge in [-0.2, -0.15) is 0 Å². The fourth-order valence-corrected chi connectivity index (χ4v) is 3.78. The summed E-state index contributed by atoms with van der Waals surface area (Å²) in [6, 6.07) is 0. The molecule has 0 unspecified atom stereocenters. The average Bonchev–Trinajstić information content (AvgIpc) is 3.18. The predicted molar refractivity (Wildman–Crippen MR) is 89.5 cm³/mol. The van der Waals surface area contributed by atoms with E-state index >= 15 is 0 Å². The van der Waals surface area contributed by atoms with Crippen LogP contribution in [0.4, 0.5) is 0 Å². The summed E-state index contributed by atoms with van der Waals surface area (Å²) < 4.78 is 6.17. The molecule has 3 rings (SSSR count). The largest absolute Gasteiger partial charge is 0.338 e. The first-order valence-electron chi connectivity index (χ1n) is 8.27. The van der Waals surface area contributed by atoms with E-state index in [-0.39, 0.29) is 5.91 Å². The number of rotatable bonds is 5. The number of amides is 1. The summed E-state index contributed by atoms with van der Waals surface area (Å²) in [5.41, 5.74) is 0.860. The zero-order chi connectivity index (χ0) is 16.2. The number of carbonyl (C=O) groups is 1. The Bertz CT molecular complexity index is 657. The molecule has 23 heavy (non-hydrogen) atoms. The maximum atomic E-state index is 12.7. The lowest BCUT2D eigenvalue weighted by atomic mass is 9.96. The lowest BCUT2D eigenvalue weighted by Crippen LogP contribution is -2.39. The molecule has 2 aromatic heterocycles. The fourth-order valence-electron chi connectivity index (χ4n) is 3.11. The second-order valence-corrected chi connectivity index (χ2v) is 6.92. The number of likely N-dealkylation sites (tertiary alicyclic amines) is 1. The zero-order valence-electron chi connectivity index (χ0n) is 13.7. The first-order valence-corrected chi connectivity index (χ1v) is 9.04. The number of carbonyl (C=O) groups excluding carboxylic acids is 1. The number of piperidine rings is 1. The summed E-state index contributed by atoms with van der Waals surface area (Å²) in [6.45, 7) is 6.76. The molecule has 1 fully saturated rings. The van der Waals surface area contributed by atoms with Crippen molar-refractivity contribution in [3.63, 3.8) is 0 Å². The Morgan fingerprint density at radius 1 is 1.39 bits per heavy atom. The standard InChI is InChI=1S/C16H23N5OS/c1-3-4-14-15(23-19-18-14)16(22)20-8-5-13(6-9-20)11-21-10-7-17-12(21)2/h7,10,13H,3-6,8-9,11H2,1-2H3. The highest BCUT2D eigenvalue weighted by molar-refractivity contribution is 7.08. The summed E-state index contributed by atoms with van der Waals surface area (Å²) in [5, 5.41) is 4.11. The molecule has 0 bridgehead atoms. The van der Waals surface area contributed by atoms with E-state index in [9.17, 15) is 4.79 Å². The number of imidazole rings is 1. The van der Waals surface area contributed by atoms with Crippen molar-refractivity contribution in [3.8, 4) is 0 Å². The lowest BCUT2D eigenvalue weighted by molar-refractivity contribution is 0.0686. The number of hydrogen-bond donors (Lipinski definition) is 0. The van der Waals surface area contributed by atoms with E-state index in [1.165, 1.54) is 11.5 Å². The van der Waals surface area contributed by atoms with Crippen LogP contribution in [0.3, 0.4) is 0 Å². The van der Waals surface area contributed by atoms with Crippen LogP contribution in [0.2, 0.25) is 0 Å². The minimum atomic E-state index is 0.112. The molecule has 0 N–H and O–H groups in total. The summed E-state index contributed by atoms with van der Waals surface area (Å²) in [4.78, 5) is 19.6. The number of hydrogen-bond acceptors (Lipinski definition) is 5. The third kappa shape index (κ3) is 3.60. The van der Waals surface area contributed by atoms with Gasteiger partial charge >= 0.3 is 0 Å². The molecule has 6 nitrogen and oxygen atoms in total. The van der Waals surface area contributed by atoms with Crippen molar-refractivity contribution >= 4 is 17.4 Å². The Balaban J connectivity index is 1.57. The summed E-state index contributed by atoms with van der Waals surface area (Å²) in [6.07, 6.45) is 7.77. The third-order valence-electron chi connectivity index (χ3n) is 4.52. The van der Waals surface area contributed by atoms with Crippen LogP contribution in [0.15, 0.2) is 12.4 Å². The van der Waals surface area contributed by atoms with Crippen molar-refractivity contribution in [2.24, 2.45) is 5.92 Å². The summed E-state index contributed by atoms with van der Waals surface area (Å²) >= 11 is 1.23. The van der Waals surface area contributed by atoms with E-state index in [1.54, 1.807) is 0 Å². The van der Waals surface area contributed by atoms with E-state index in [2.05, 4.69) is 26.1 Å². The van der Waals surface area contributed by atoms with Gasteiger partial charge in [0, 0.05) is 32.0 Å². The molecule has 1 saturated heterocycles. The lowest BCUT2D eigenvalue weighted by Gasteiger charge is -2.32. The molecule has 1 aliphatic heterocycles. The molecule has 0 atom stereocenters. The molecule has 7 heteroatoms. The minimum absolute atomic E-state index is 0.112. The van der Waals surface area contributed by atoms with Gasteiger partial charge in [-0.05, 0) is 43.6 Å². The highest BCUT2D eigenvalue weighted by Crippen LogP contribution is 2.23. The molecule has 124 valence electrons. The molecule has 0 saturated carbocycles. The molecule has 1 aliphatic rings. The second-order valence-electron chi connectivity index (χ2n) is 6.16. The van der Waals surface area contributed by atoms with E-state index in [4.69, 9.17) is 0 Å². The molecule has 0 radical (unpaired) electrons. The quantitative estimate of drug-likeness (QED) is 0.843. The Morgan fingerprint density at radius 2 is 2.17 bits per heavy atom. The second kappa shape index (κ2) is 7.21. The van der Waals surface area contributed by atoms with Crippen LogP contribution >= 0.6 is 11.5 Å². The van der Waals surface area contributed by atoms with Crippen molar-refractivity contribution < 1.29 is 4.79 Å². The third-order valence-corrected chi connectivity index (χ3v) is 5.27. The molecular formula is C16H23N5OS. The first-order chi connectivity index (χ1) is 11.2. The van der Waals surface area contributed by atoms with Crippen LogP contribution in [-0.4, -0.2) is 43.0 Å². The molecule has 0 aromatic carbocycles. The Kier molecular flexibility index (Phi) is 5.05. The smallest absolute Gasteiger partial charge is 0.267 e. The van der Waals surface area contributed by atoms with Crippen molar-refractivity contribution in [1.29, 1.82) is 0 Å². The van der Waals surface area contributed by atoms with Gasteiger partial charge in [-0.3, -0.25) is 4.79 Å². The van der Waals surface area contributed by atoms with Crippen molar-refractivity contribution in [3.05, 3.63) is 28.8 Å². The van der Waals surface area contributed by atoms with Crippen molar-refractivity contribution in [1.82, 2.24) is 24.0 Å². The zero-order valence-corrected chi connectivity index (χ0v) is 14.6. The van der Waals surface area contributed by atoms with Crippen molar-refractivity contribution in [2.45, 2.75) is 46.1 Å². The van der Waals surface area contributed by atoms with Crippen molar-refractivity contribution in [2.75, 3.05) is 13.1 Å². The maximum Gasteiger partial charge on any atom is 0.267 e. The maximum absolute atomic E-state index is 12.7. The van der Waals surface area contributed by atoms with E-state index in [0.29, 0.717) is 5.92 Å². The van der Waals surface area contributed by atoms with Gasteiger partial charge in [0.25, 0.3) is 5.91 Å². The number of aromatic nitrogens is 4. The van der Waals surface area contributed by atoms with Crippen LogP contribution < -0.4 is 0 Å². The first kappa shape index (κ1) is 16.1. The van der Waals surface area contributed by atoms with Gasteiger partial charge in [0.15, 0.2) is 0 Å². The molecular weight excluding hydrogens is 310 g/mol. The Labute approximate surface area is 140 Å². The summed E-state index contributed by atoms with van der Waals surface area (Å²) in [5.74, 6) is 1.78. The van der Waals surface area contributed by atoms with E-state index in [0.717, 1.165) is 61.7 Å². The normalized spacial score (nSPS) is 16.0. The molecule has 0 spiro atoms. The molecule has 3 heterocycles. The minimum Gasteiger partial charge on any atom is -0.338 e. The summed E-state index contributed by atoms with van der Waals surface area (Å²) in [7, 11) is 0. The fraction of sp³-hybridized carbons (Fsp3) is 0.625. The topological polar surface area (TPSA) is 63.9 Å². The molecule has 0 aliphatic carbocycles. The molecule has 2 aromatic rings. The van der Waals surface area contributed by atoms with Gasteiger partial charge in [0.1, 0.15) is 10.7 Å². The van der Waals surface area contributed by atoms with Crippen LogP contribution in [0.25, 0.3) is 0 Å². The van der Waals surface area contributed by atoms with Gasteiger partial charge in [0.05, 0.1) is 5.69 Å². The van der Waals surface area contributed by atoms with E-state index in [1.807, 2.05) is 24.2 Å². The highest BCUT2D eigenvalue weighted by Gasteiger charge is 2.27. The van der Waals surface area contributed by atoms with E-state index < -0.39 is 0 Å². The van der Waals surface area contributed by atoms with Crippen LogP contribution in [0.1, 0.15) is 47.4 Å². The van der Waals surface area contributed by atoms with Gasteiger partial charge in [-0.25, -0.2) is 4.98 Å². The SMILES string of the molecule is CCCc1nnsc1C(=O)N1CCC(Cn2ccnc2C)CC1. The van der Waals surface area contributed by atoms with Crippen LogP contribution in [0, 0.1) is 12.8 Å². The predicted octanol–water partition coefficient (Wildman–Crippen LogP) is 2.55. The van der Waals surface area contributed by atoms with Crippen LogP contribution in [-0.2, 0) is 13.0 Å². The Morgan fingerprint density at radius 3 is 2.83 bits per heavy atom.